The summed E-state index contributed by atoms with van der Waals surface area (Å²) in [5.74, 6) is 1.38. The Kier molecular flexibility index (Phi) is 4.10. The summed E-state index contributed by atoms with van der Waals surface area (Å²) in [6, 6.07) is 18.9. The van der Waals surface area contributed by atoms with Gasteiger partial charge in [0.05, 0.1) is 11.3 Å². The van der Waals surface area contributed by atoms with E-state index in [2.05, 4.69) is 70.3 Å². The minimum absolute atomic E-state index is 0.588. The van der Waals surface area contributed by atoms with E-state index in [9.17, 15) is 0 Å². The normalized spacial score (nSPS) is 11.0. The smallest absolute Gasteiger partial charge is 0.237 e. The molecule has 3 aromatic heterocycles. The van der Waals surface area contributed by atoms with Crippen LogP contribution in [0.5, 0.6) is 0 Å². The second kappa shape index (κ2) is 6.90. The average Bonchev–Trinajstić information content (AvgIpc) is 3.46. The summed E-state index contributed by atoms with van der Waals surface area (Å²) in [5.41, 5.74) is 3.00. The first-order chi connectivity index (χ1) is 13.8. The van der Waals surface area contributed by atoms with E-state index in [1.807, 2.05) is 17.8 Å². The van der Waals surface area contributed by atoms with Gasteiger partial charge in [0.1, 0.15) is 12.1 Å². The summed E-state index contributed by atoms with van der Waals surface area (Å²) in [6.45, 7) is 0. The van der Waals surface area contributed by atoms with Crippen LogP contribution in [0.4, 0.5) is 5.82 Å². The molecule has 136 valence electrons. The first-order valence-electron chi connectivity index (χ1n) is 8.95. The van der Waals surface area contributed by atoms with Crippen molar-refractivity contribution in [2.24, 2.45) is 0 Å². The van der Waals surface area contributed by atoms with Crippen LogP contribution in [-0.2, 0) is 0 Å². The number of aromatic nitrogens is 4. The van der Waals surface area contributed by atoms with Crippen molar-refractivity contribution in [3.05, 3.63) is 78.7 Å². The van der Waals surface area contributed by atoms with Gasteiger partial charge in [0.15, 0.2) is 0 Å². The van der Waals surface area contributed by atoms with Gasteiger partial charge in [0.2, 0.25) is 5.95 Å². The topological polar surface area (TPSA) is 55.6 Å². The Hall–Kier alpha value is -3.51. The van der Waals surface area contributed by atoms with Crippen LogP contribution >= 0.6 is 11.3 Å². The van der Waals surface area contributed by atoms with Crippen molar-refractivity contribution >= 4 is 27.9 Å². The third-order valence-electron chi connectivity index (χ3n) is 4.68. The molecule has 0 atom stereocenters. The molecule has 0 radical (unpaired) electrons. The van der Waals surface area contributed by atoms with Crippen LogP contribution in [0.15, 0.2) is 78.7 Å². The summed E-state index contributed by atoms with van der Waals surface area (Å²) < 4.78 is 1.83. The first-order valence-corrected chi connectivity index (χ1v) is 9.83. The minimum Gasteiger partial charge on any atom is -0.372 e. The summed E-state index contributed by atoms with van der Waals surface area (Å²) in [5, 5.41) is 7.69. The van der Waals surface area contributed by atoms with Crippen molar-refractivity contribution in [2.75, 3.05) is 12.4 Å². The maximum absolute atomic E-state index is 4.98. The number of rotatable bonds is 4. The third-order valence-corrected chi connectivity index (χ3v) is 5.57. The van der Waals surface area contributed by atoms with Crippen LogP contribution in [0.1, 0.15) is 0 Å². The third kappa shape index (κ3) is 2.75. The lowest BCUT2D eigenvalue weighted by Crippen LogP contribution is -2.06. The quantitative estimate of drug-likeness (QED) is 0.460. The number of imidazole rings is 1. The summed E-state index contributed by atoms with van der Waals surface area (Å²) in [4.78, 5) is 15.0. The van der Waals surface area contributed by atoms with Gasteiger partial charge in [-0.2, -0.15) is 4.98 Å². The molecule has 0 saturated heterocycles. The zero-order valence-electron chi connectivity index (χ0n) is 15.2. The van der Waals surface area contributed by atoms with Crippen LogP contribution in [-0.4, -0.2) is 26.6 Å². The van der Waals surface area contributed by atoms with Crippen LogP contribution in [0, 0.1) is 0 Å². The van der Waals surface area contributed by atoms with Gasteiger partial charge in [-0.3, -0.25) is 4.57 Å². The number of hydrogen-bond acceptors (Lipinski definition) is 5. The van der Waals surface area contributed by atoms with Gasteiger partial charge in [-0.25, -0.2) is 9.97 Å². The zero-order valence-corrected chi connectivity index (χ0v) is 16.0. The van der Waals surface area contributed by atoms with Gasteiger partial charge in [-0.05, 0) is 22.2 Å². The maximum atomic E-state index is 4.98. The number of fused-ring (bicyclic) bond motifs is 1. The second-order valence-electron chi connectivity index (χ2n) is 6.32. The molecule has 2 aromatic carbocycles. The summed E-state index contributed by atoms with van der Waals surface area (Å²) in [7, 11) is 1.89. The Morgan fingerprint density at radius 3 is 2.64 bits per heavy atom. The predicted octanol–water partition coefficient (Wildman–Crippen LogP) is 5.25. The van der Waals surface area contributed by atoms with Crippen LogP contribution < -0.4 is 5.32 Å². The maximum Gasteiger partial charge on any atom is 0.237 e. The average molecular weight is 383 g/mol. The fourth-order valence-corrected chi connectivity index (χ4v) is 4.18. The monoisotopic (exact) mass is 383 g/mol. The highest BCUT2D eigenvalue weighted by Gasteiger charge is 2.20. The molecule has 3 heterocycles. The van der Waals surface area contributed by atoms with Crippen molar-refractivity contribution < 1.29 is 0 Å². The Bertz CT molecular complexity index is 1240. The highest BCUT2D eigenvalue weighted by molar-refractivity contribution is 7.13. The minimum atomic E-state index is 0.588. The van der Waals surface area contributed by atoms with E-state index in [-0.39, 0.29) is 0 Å². The van der Waals surface area contributed by atoms with Crippen molar-refractivity contribution in [3.8, 4) is 27.6 Å². The molecular weight excluding hydrogens is 366 g/mol. The Labute approximate surface area is 166 Å². The number of benzene rings is 2. The number of nitrogens with zero attached hydrogens (tertiary/aromatic N) is 4. The number of anilines is 1. The van der Waals surface area contributed by atoms with Crippen LogP contribution in [0.2, 0.25) is 0 Å². The number of nitrogens with one attached hydrogen (secondary N) is 1. The van der Waals surface area contributed by atoms with Gasteiger partial charge < -0.3 is 5.32 Å². The van der Waals surface area contributed by atoms with Gasteiger partial charge in [-0.1, -0.05) is 48.5 Å². The van der Waals surface area contributed by atoms with Gasteiger partial charge >= 0.3 is 0 Å². The lowest BCUT2D eigenvalue weighted by atomic mass is 9.98. The lowest BCUT2D eigenvalue weighted by molar-refractivity contribution is 0.931. The summed E-state index contributed by atoms with van der Waals surface area (Å²) >= 11 is 1.68. The molecule has 0 amide bonds. The molecule has 0 bridgehead atoms. The molecule has 5 aromatic rings. The molecule has 0 aliphatic heterocycles. The van der Waals surface area contributed by atoms with E-state index < -0.39 is 0 Å². The molecule has 0 spiro atoms. The molecule has 0 aliphatic carbocycles. The number of hydrogen-bond donors (Lipinski definition) is 1. The fraction of sp³-hybridized carbons (Fsp3) is 0.0455. The Balaban J connectivity index is 1.87. The van der Waals surface area contributed by atoms with E-state index in [0.717, 1.165) is 27.5 Å². The predicted molar refractivity (Wildman–Crippen MR) is 115 cm³/mol. The highest BCUT2D eigenvalue weighted by Crippen LogP contribution is 2.40. The Morgan fingerprint density at radius 2 is 1.86 bits per heavy atom. The van der Waals surface area contributed by atoms with E-state index in [1.54, 1.807) is 23.9 Å². The van der Waals surface area contributed by atoms with Crippen LogP contribution in [0.25, 0.3) is 38.4 Å². The van der Waals surface area contributed by atoms with E-state index in [1.165, 1.54) is 10.8 Å². The molecule has 0 fully saturated rings. The van der Waals surface area contributed by atoms with Crippen LogP contribution in [0.3, 0.4) is 0 Å². The van der Waals surface area contributed by atoms with Crippen molar-refractivity contribution in [3.63, 3.8) is 0 Å². The van der Waals surface area contributed by atoms with Gasteiger partial charge in [0, 0.05) is 29.9 Å². The molecule has 6 heteroatoms. The SMILES string of the molecule is CNc1nc(-n2ccnc2)nc(-c2cccc3ccccc23)c1-c1cccs1. The second-order valence-corrected chi connectivity index (χ2v) is 7.27. The number of thiophene rings is 1. The molecule has 0 aliphatic rings. The molecule has 5 rings (SSSR count). The van der Waals surface area contributed by atoms with Gasteiger partial charge in [0.25, 0.3) is 0 Å². The summed E-state index contributed by atoms with van der Waals surface area (Å²) in [6.07, 6.45) is 5.30. The van der Waals surface area contributed by atoms with Crippen molar-refractivity contribution in [1.82, 2.24) is 19.5 Å². The Morgan fingerprint density at radius 1 is 0.964 bits per heavy atom. The zero-order chi connectivity index (χ0) is 18.9. The largest absolute Gasteiger partial charge is 0.372 e. The molecule has 5 nitrogen and oxygen atoms in total. The van der Waals surface area contributed by atoms with Crippen molar-refractivity contribution in [2.45, 2.75) is 0 Å². The molecule has 28 heavy (non-hydrogen) atoms. The fourth-order valence-electron chi connectivity index (χ4n) is 3.40. The molecular formula is C22H17N5S. The highest BCUT2D eigenvalue weighted by atomic mass is 32.1. The molecule has 0 unspecified atom stereocenters. The molecule has 1 N–H and O–H groups in total. The van der Waals surface area contributed by atoms with E-state index in [4.69, 9.17) is 9.97 Å². The van der Waals surface area contributed by atoms with E-state index >= 15 is 0 Å². The first kappa shape index (κ1) is 16.6. The standard InChI is InChI=1S/C22H17N5S/c1-23-21-19(18-10-5-13-28-18)20(25-22(26-21)27-12-11-24-14-27)17-9-4-7-15-6-2-3-8-16(15)17/h2-14H,1H3,(H,23,25,26). The van der Waals surface area contributed by atoms with Gasteiger partial charge in [-0.15, -0.1) is 11.3 Å². The lowest BCUT2D eigenvalue weighted by Gasteiger charge is -2.16. The van der Waals surface area contributed by atoms with E-state index in [0.29, 0.717) is 5.95 Å². The van der Waals surface area contributed by atoms with Crippen molar-refractivity contribution in [1.29, 1.82) is 0 Å². The molecule has 0 saturated carbocycles.